The SMILES string of the molecule is CCCCc1ccc(-c2cnc(C(=O)O)[nH]2)cc1. The normalized spacial score (nSPS) is 10.5. The Morgan fingerprint density at radius 3 is 2.61 bits per heavy atom. The van der Waals surface area contributed by atoms with Gasteiger partial charge in [0.1, 0.15) is 0 Å². The Balaban J connectivity index is 2.15. The second-order valence-corrected chi connectivity index (χ2v) is 4.25. The van der Waals surface area contributed by atoms with Crippen molar-refractivity contribution in [3.8, 4) is 11.3 Å². The molecular weight excluding hydrogens is 228 g/mol. The maximum atomic E-state index is 10.7. The summed E-state index contributed by atoms with van der Waals surface area (Å²) in [5.41, 5.74) is 2.99. The molecule has 1 aromatic heterocycles. The first-order chi connectivity index (χ1) is 8.70. The number of aryl methyl sites for hydroxylation is 1. The number of carboxylic acid groups (broad SMARTS) is 1. The highest BCUT2D eigenvalue weighted by Crippen LogP contribution is 2.18. The van der Waals surface area contributed by atoms with Gasteiger partial charge in [0.15, 0.2) is 0 Å². The van der Waals surface area contributed by atoms with Gasteiger partial charge in [-0.1, -0.05) is 37.6 Å². The highest BCUT2D eigenvalue weighted by molar-refractivity contribution is 5.84. The molecule has 0 aliphatic rings. The van der Waals surface area contributed by atoms with E-state index in [4.69, 9.17) is 5.11 Å². The van der Waals surface area contributed by atoms with Gasteiger partial charge in [0.25, 0.3) is 0 Å². The molecule has 1 aromatic carbocycles. The van der Waals surface area contributed by atoms with Crippen molar-refractivity contribution >= 4 is 5.97 Å². The van der Waals surface area contributed by atoms with Crippen molar-refractivity contribution in [3.05, 3.63) is 41.9 Å². The Kier molecular flexibility index (Phi) is 3.77. The Hall–Kier alpha value is -2.10. The van der Waals surface area contributed by atoms with Gasteiger partial charge in [-0.25, -0.2) is 9.78 Å². The van der Waals surface area contributed by atoms with Crippen molar-refractivity contribution in [2.75, 3.05) is 0 Å². The van der Waals surface area contributed by atoms with Crippen LogP contribution in [0.25, 0.3) is 11.3 Å². The Morgan fingerprint density at radius 2 is 2.06 bits per heavy atom. The van der Waals surface area contributed by atoms with Gasteiger partial charge in [-0.15, -0.1) is 0 Å². The number of H-pyrrole nitrogens is 1. The first-order valence-corrected chi connectivity index (χ1v) is 6.08. The quantitative estimate of drug-likeness (QED) is 0.849. The molecule has 0 aliphatic carbocycles. The van der Waals surface area contributed by atoms with Crippen LogP contribution in [0.5, 0.6) is 0 Å². The molecule has 18 heavy (non-hydrogen) atoms. The summed E-state index contributed by atoms with van der Waals surface area (Å²) in [5, 5.41) is 8.79. The second kappa shape index (κ2) is 5.49. The summed E-state index contributed by atoms with van der Waals surface area (Å²) in [4.78, 5) is 17.3. The fraction of sp³-hybridized carbons (Fsp3) is 0.286. The first kappa shape index (κ1) is 12.4. The van der Waals surface area contributed by atoms with Crippen LogP contribution in [0.2, 0.25) is 0 Å². The molecule has 0 saturated carbocycles. The number of nitrogens with zero attached hydrogens (tertiary/aromatic N) is 1. The molecule has 2 N–H and O–H groups in total. The molecule has 0 atom stereocenters. The maximum absolute atomic E-state index is 10.7. The lowest BCUT2D eigenvalue weighted by atomic mass is 10.1. The van der Waals surface area contributed by atoms with E-state index in [1.165, 1.54) is 18.4 Å². The summed E-state index contributed by atoms with van der Waals surface area (Å²) in [6, 6.07) is 8.13. The van der Waals surface area contributed by atoms with Crippen LogP contribution in [0.1, 0.15) is 35.9 Å². The fourth-order valence-corrected chi connectivity index (χ4v) is 1.81. The van der Waals surface area contributed by atoms with Crippen LogP contribution in [0.4, 0.5) is 0 Å². The topological polar surface area (TPSA) is 66.0 Å². The maximum Gasteiger partial charge on any atom is 0.371 e. The van der Waals surface area contributed by atoms with Gasteiger partial charge in [-0.3, -0.25) is 0 Å². The molecule has 0 radical (unpaired) electrons. The van der Waals surface area contributed by atoms with E-state index in [9.17, 15) is 4.79 Å². The third-order valence-corrected chi connectivity index (χ3v) is 2.86. The van der Waals surface area contributed by atoms with Crippen LogP contribution >= 0.6 is 0 Å². The van der Waals surface area contributed by atoms with E-state index in [-0.39, 0.29) is 5.82 Å². The predicted molar refractivity (Wildman–Crippen MR) is 69.6 cm³/mol. The summed E-state index contributed by atoms with van der Waals surface area (Å²) in [5.74, 6) is -1.07. The average Bonchev–Trinajstić information content (AvgIpc) is 2.87. The van der Waals surface area contributed by atoms with Crippen molar-refractivity contribution in [2.24, 2.45) is 0 Å². The lowest BCUT2D eigenvalue weighted by Gasteiger charge is -2.01. The van der Waals surface area contributed by atoms with Gasteiger partial charge < -0.3 is 10.1 Å². The summed E-state index contributed by atoms with van der Waals surface area (Å²) >= 11 is 0. The number of aromatic amines is 1. The third-order valence-electron chi connectivity index (χ3n) is 2.86. The number of hydrogen-bond acceptors (Lipinski definition) is 2. The molecule has 0 aliphatic heterocycles. The molecule has 1 heterocycles. The molecule has 0 saturated heterocycles. The van der Waals surface area contributed by atoms with E-state index in [0.717, 1.165) is 17.7 Å². The highest BCUT2D eigenvalue weighted by Gasteiger charge is 2.08. The van der Waals surface area contributed by atoms with Crippen LogP contribution in [-0.4, -0.2) is 21.0 Å². The molecule has 4 heteroatoms. The Morgan fingerprint density at radius 1 is 1.33 bits per heavy atom. The van der Waals surface area contributed by atoms with Crippen LogP contribution < -0.4 is 0 Å². The molecule has 2 aromatic rings. The summed E-state index contributed by atoms with van der Waals surface area (Å²) in [6.07, 6.45) is 5.00. The molecule has 0 unspecified atom stereocenters. The first-order valence-electron chi connectivity index (χ1n) is 6.08. The number of nitrogens with one attached hydrogen (secondary N) is 1. The van der Waals surface area contributed by atoms with Gasteiger partial charge in [0.2, 0.25) is 5.82 Å². The van der Waals surface area contributed by atoms with Crippen LogP contribution in [0, 0.1) is 0 Å². The van der Waals surface area contributed by atoms with E-state index >= 15 is 0 Å². The third kappa shape index (κ3) is 2.77. The number of imidazole rings is 1. The standard InChI is InChI=1S/C14H16N2O2/c1-2-3-4-10-5-7-11(8-6-10)12-9-15-13(16-12)14(17)18/h5-9H,2-4H2,1H3,(H,15,16)(H,17,18). The summed E-state index contributed by atoms with van der Waals surface area (Å²) in [6.45, 7) is 2.17. The van der Waals surface area contributed by atoms with Gasteiger partial charge in [0.05, 0.1) is 11.9 Å². The zero-order valence-electron chi connectivity index (χ0n) is 10.3. The average molecular weight is 244 g/mol. The minimum Gasteiger partial charge on any atom is -0.475 e. The number of carboxylic acids is 1. The monoisotopic (exact) mass is 244 g/mol. The lowest BCUT2D eigenvalue weighted by molar-refractivity contribution is 0.0685. The number of aromatic carboxylic acids is 1. The largest absolute Gasteiger partial charge is 0.475 e. The fourth-order valence-electron chi connectivity index (χ4n) is 1.81. The van der Waals surface area contributed by atoms with Crippen LogP contribution in [0.15, 0.2) is 30.5 Å². The van der Waals surface area contributed by atoms with Crippen molar-refractivity contribution in [3.63, 3.8) is 0 Å². The zero-order valence-corrected chi connectivity index (χ0v) is 10.3. The Bertz CT molecular complexity index is 529. The van der Waals surface area contributed by atoms with Crippen molar-refractivity contribution in [1.82, 2.24) is 9.97 Å². The summed E-state index contributed by atoms with van der Waals surface area (Å²) < 4.78 is 0. The molecule has 2 rings (SSSR count). The van der Waals surface area contributed by atoms with Crippen LogP contribution in [-0.2, 0) is 6.42 Å². The minimum atomic E-state index is -1.04. The Labute approximate surface area is 106 Å². The number of carbonyl (C=O) groups is 1. The molecule has 0 bridgehead atoms. The predicted octanol–water partition coefficient (Wildman–Crippen LogP) is 3.12. The van der Waals surface area contributed by atoms with Crippen LogP contribution in [0.3, 0.4) is 0 Å². The van der Waals surface area contributed by atoms with Gasteiger partial charge in [-0.2, -0.15) is 0 Å². The van der Waals surface area contributed by atoms with E-state index < -0.39 is 5.97 Å². The summed E-state index contributed by atoms with van der Waals surface area (Å²) in [7, 11) is 0. The van der Waals surface area contributed by atoms with E-state index in [1.807, 2.05) is 12.1 Å². The van der Waals surface area contributed by atoms with E-state index in [1.54, 1.807) is 6.20 Å². The highest BCUT2D eigenvalue weighted by atomic mass is 16.4. The molecule has 4 nitrogen and oxygen atoms in total. The van der Waals surface area contributed by atoms with Gasteiger partial charge in [-0.05, 0) is 24.0 Å². The zero-order chi connectivity index (χ0) is 13.0. The number of rotatable bonds is 5. The number of benzene rings is 1. The number of hydrogen-bond donors (Lipinski definition) is 2. The minimum absolute atomic E-state index is 0.0277. The van der Waals surface area contributed by atoms with E-state index in [0.29, 0.717) is 0 Å². The number of aromatic nitrogens is 2. The van der Waals surface area contributed by atoms with Crippen molar-refractivity contribution in [2.45, 2.75) is 26.2 Å². The van der Waals surface area contributed by atoms with Gasteiger partial charge in [0, 0.05) is 0 Å². The van der Waals surface area contributed by atoms with Crippen molar-refractivity contribution in [1.29, 1.82) is 0 Å². The molecular formula is C14H16N2O2. The molecule has 94 valence electrons. The molecule has 0 amide bonds. The van der Waals surface area contributed by atoms with Crippen molar-refractivity contribution < 1.29 is 9.90 Å². The molecule has 0 spiro atoms. The van der Waals surface area contributed by atoms with Gasteiger partial charge >= 0.3 is 5.97 Å². The molecule has 0 fully saturated rings. The second-order valence-electron chi connectivity index (χ2n) is 4.25. The lowest BCUT2D eigenvalue weighted by Crippen LogP contribution is -1.98. The van der Waals surface area contributed by atoms with E-state index in [2.05, 4.69) is 29.0 Å². The smallest absolute Gasteiger partial charge is 0.371 e. The number of unbranched alkanes of at least 4 members (excludes halogenated alkanes) is 1.